The molecule has 4 heteroatoms. The van der Waals surface area contributed by atoms with Crippen LogP contribution in [-0.2, 0) is 0 Å². The van der Waals surface area contributed by atoms with Crippen LogP contribution in [0.3, 0.4) is 0 Å². The maximum Gasteiger partial charge on any atom is 0.0514 e. The van der Waals surface area contributed by atoms with Crippen LogP contribution < -0.4 is 0 Å². The van der Waals surface area contributed by atoms with Crippen molar-refractivity contribution in [1.29, 1.82) is 0 Å². The second kappa shape index (κ2) is 4.61. The molecule has 0 fully saturated rings. The predicted octanol–water partition coefficient (Wildman–Crippen LogP) is 5.90. The van der Waals surface area contributed by atoms with Gasteiger partial charge in [-0.25, -0.2) is 0 Å². The summed E-state index contributed by atoms with van der Waals surface area (Å²) in [4.78, 5) is 3.35. The molecule has 0 aliphatic heterocycles. The van der Waals surface area contributed by atoms with Crippen molar-refractivity contribution in [2.45, 2.75) is 0 Å². The van der Waals surface area contributed by atoms with Gasteiger partial charge in [0.2, 0.25) is 0 Å². The van der Waals surface area contributed by atoms with E-state index in [-0.39, 0.29) is 0 Å². The highest BCUT2D eigenvalue weighted by atomic mass is 79.9. The number of aromatic amines is 1. The molecule has 1 heterocycles. The van der Waals surface area contributed by atoms with Gasteiger partial charge in [0.15, 0.2) is 0 Å². The molecule has 0 spiro atoms. The Labute approximate surface area is 123 Å². The molecule has 0 radical (unpaired) electrons. The largest absolute Gasteiger partial charge is 0.354 e. The third kappa shape index (κ3) is 2.16. The maximum absolute atomic E-state index is 6.21. The molecule has 0 aliphatic carbocycles. The summed E-state index contributed by atoms with van der Waals surface area (Å²) >= 11 is 15.6. The average Bonchev–Trinajstić information content (AvgIpc) is 2.71. The Morgan fingerprint density at radius 3 is 2.56 bits per heavy atom. The van der Waals surface area contributed by atoms with Gasteiger partial charge in [0, 0.05) is 31.7 Å². The third-order valence-corrected chi connectivity index (χ3v) is 3.85. The zero-order valence-corrected chi connectivity index (χ0v) is 12.3. The molecule has 0 saturated heterocycles. The molecule has 1 aromatic heterocycles. The van der Waals surface area contributed by atoms with Gasteiger partial charge in [-0.2, -0.15) is 0 Å². The summed E-state index contributed by atoms with van der Waals surface area (Å²) in [6.07, 6.45) is 0. The van der Waals surface area contributed by atoms with Crippen molar-refractivity contribution >= 4 is 50.0 Å². The molecule has 2 aromatic carbocycles. The van der Waals surface area contributed by atoms with Crippen LogP contribution in [0.2, 0.25) is 10.0 Å². The Kier molecular flexibility index (Phi) is 3.10. The zero-order chi connectivity index (χ0) is 12.7. The lowest BCUT2D eigenvalue weighted by molar-refractivity contribution is 1.45. The summed E-state index contributed by atoms with van der Waals surface area (Å²) < 4.78 is 1.06. The Bertz CT molecular complexity index is 734. The quantitative estimate of drug-likeness (QED) is 0.567. The molecule has 3 rings (SSSR count). The van der Waals surface area contributed by atoms with E-state index in [2.05, 4.69) is 33.0 Å². The van der Waals surface area contributed by atoms with Crippen molar-refractivity contribution in [3.05, 3.63) is 57.0 Å². The van der Waals surface area contributed by atoms with Crippen molar-refractivity contribution in [3.63, 3.8) is 0 Å². The first-order valence-electron chi connectivity index (χ1n) is 5.37. The monoisotopic (exact) mass is 339 g/mol. The fourth-order valence-electron chi connectivity index (χ4n) is 1.96. The smallest absolute Gasteiger partial charge is 0.0514 e. The topological polar surface area (TPSA) is 15.8 Å². The van der Waals surface area contributed by atoms with Crippen LogP contribution in [0, 0.1) is 0 Å². The van der Waals surface area contributed by atoms with Gasteiger partial charge in [-0.05, 0) is 42.5 Å². The summed E-state index contributed by atoms with van der Waals surface area (Å²) in [5, 5.41) is 2.43. The third-order valence-electron chi connectivity index (χ3n) is 2.80. The molecule has 90 valence electrons. The molecule has 0 amide bonds. The summed E-state index contributed by atoms with van der Waals surface area (Å²) in [7, 11) is 0. The van der Waals surface area contributed by atoms with Crippen LogP contribution in [0.4, 0.5) is 0 Å². The highest BCUT2D eigenvalue weighted by Gasteiger charge is 2.07. The highest BCUT2D eigenvalue weighted by Crippen LogP contribution is 2.32. The maximum atomic E-state index is 6.21. The summed E-state index contributed by atoms with van der Waals surface area (Å²) in [6.45, 7) is 0. The number of hydrogen-bond acceptors (Lipinski definition) is 0. The van der Waals surface area contributed by atoms with Gasteiger partial charge in [-0.1, -0.05) is 39.1 Å². The van der Waals surface area contributed by atoms with Gasteiger partial charge in [0.05, 0.1) is 5.02 Å². The van der Waals surface area contributed by atoms with E-state index >= 15 is 0 Å². The summed E-state index contributed by atoms with van der Waals surface area (Å²) in [6, 6.07) is 13.7. The van der Waals surface area contributed by atoms with Gasteiger partial charge in [0.25, 0.3) is 0 Å². The summed E-state index contributed by atoms with van der Waals surface area (Å²) in [5.74, 6) is 0. The number of H-pyrrole nitrogens is 1. The van der Waals surface area contributed by atoms with E-state index < -0.39 is 0 Å². The molecule has 3 aromatic rings. The second-order valence-electron chi connectivity index (χ2n) is 4.04. The number of nitrogens with one attached hydrogen (secondary N) is 1. The van der Waals surface area contributed by atoms with Crippen molar-refractivity contribution in [2.75, 3.05) is 0 Å². The zero-order valence-electron chi connectivity index (χ0n) is 9.18. The fourth-order valence-corrected chi connectivity index (χ4v) is 2.85. The minimum atomic E-state index is 0.641. The van der Waals surface area contributed by atoms with E-state index in [1.807, 2.05) is 24.3 Å². The number of benzene rings is 2. The lowest BCUT2D eigenvalue weighted by atomic mass is 10.1. The van der Waals surface area contributed by atoms with E-state index in [9.17, 15) is 0 Å². The molecule has 1 nitrogen and oxygen atoms in total. The first-order valence-corrected chi connectivity index (χ1v) is 6.92. The minimum absolute atomic E-state index is 0.641. The van der Waals surface area contributed by atoms with Crippen LogP contribution in [0.25, 0.3) is 22.2 Å². The van der Waals surface area contributed by atoms with Gasteiger partial charge in [-0.3, -0.25) is 0 Å². The SMILES string of the molecule is Clc1ccc(-c2cc3cc(Br)ccc3[nH]2)c(Cl)c1. The van der Waals surface area contributed by atoms with Crippen molar-refractivity contribution < 1.29 is 0 Å². The van der Waals surface area contributed by atoms with Crippen LogP contribution in [0.5, 0.6) is 0 Å². The van der Waals surface area contributed by atoms with Crippen LogP contribution in [0.1, 0.15) is 0 Å². The Balaban J connectivity index is 2.19. The van der Waals surface area contributed by atoms with E-state index in [4.69, 9.17) is 23.2 Å². The molecular weight excluding hydrogens is 333 g/mol. The van der Waals surface area contributed by atoms with E-state index in [0.717, 1.165) is 26.6 Å². The molecule has 0 saturated carbocycles. The van der Waals surface area contributed by atoms with E-state index in [0.29, 0.717) is 10.0 Å². The Hall–Kier alpha value is -0.960. The van der Waals surface area contributed by atoms with Crippen molar-refractivity contribution in [2.24, 2.45) is 0 Å². The summed E-state index contributed by atoms with van der Waals surface area (Å²) in [5.41, 5.74) is 3.03. The van der Waals surface area contributed by atoms with Crippen LogP contribution in [0.15, 0.2) is 46.9 Å². The van der Waals surface area contributed by atoms with Gasteiger partial charge >= 0.3 is 0 Å². The standard InChI is InChI=1S/C14H8BrCl2N/c15-9-1-4-13-8(5-9)6-14(18-13)11-3-2-10(16)7-12(11)17/h1-7,18H. The lowest BCUT2D eigenvalue weighted by Gasteiger charge is -2.01. The number of aromatic nitrogens is 1. The number of hydrogen-bond donors (Lipinski definition) is 1. The number of halogens is 3. The first kappa shape index (κ1) is 12.1. The highest BCUT2D eigenvalue weighted by molar-refractivity contribution is 9.10. The molecule has 0 aliphatic rings. The van der Waals surface area contributed by atoms with E-state index in [1.165, 1.54) is 0 Å². The van der Waals surface area contributed by atoms with Crippen molar-refractivity contribution in [1.82, 2.24) is 4.98 Å². The van der Waals surface area contributed by atoms with Crippen LogP contribution in [-0.4, -0.2) is 4.98 Å². The van der Waals surface area contributed by atoms with Gasteiger partial charge in [0.1, 0.15) is 0 Å². The molecule has 0 bridgehead atoms. The molecule has 1 N–H and O–H groups in total. The second-order valence-corrected chi connectivity index (χ2v) is 5.80. The molecule has 0 unspecified atom stereocenters. The first-order chi connectivity index (χ1) is 8.63. The number of fused-ring (bicyclic) bond motifs is 1. The Morgan fingerprint density at radius 2 is 1.78 bits per heavy atom. The van der Waals surface area contributed by atoms with Gasteiger partial charge in [-0.15, -0.1) is 0 Å². The fraction of sp³-hybridized carbons (Fsp3) is 0. The average molecular weight is 341 g/mol. The molecule has 0 atom stereocenters. The number of rotatable bonds is 1. The Morgan fingerprint density at radius 1 is 0.944 bits per heavy atom. The van der Waals surface area contributed by atoms with Crippen LogP contribution >= 0.6 is 39.1 Å². The predicted molar refractivity (Wildman–Crippen MR) is 81.5 cm³/mol. The molecular formula is C14H8BrCl2N. The lowest BCUT2D eigenvalue weighted by Crippen LogP contribution is -1.79. The van der Waals surface area contributed by atoms with Gasteiger partial charge < -0.3 is 4.98 Å². The minimum Gasteiger partial charge on any atom is -0.354 e. The van der Waals surface area contributed by atoms with E-state index in [1.54, 1.807) is 6.07 Å². The van der Waals surface area contributed by atoms with Crippen molar-refractivity contribution in [3.8, 4) is 11.3 Å². The normalized spacial score (nSPS) is 11.1. The molecule has 18 heavy (non-hydrogen) atoms.